The van der Waals surface area contributed by atoms with Crippen molar-refractivity contribution in [3.63, 3.8) is 0 Å². The van der Waals surface area contributed by atoms with Crippen LogP contribution in [0.15, 0.2) is 22.7 Å². The van der Waals surface area contributed by atoms with Crippen LogP contribution in [-0.2, 0) is 0 Å². The molecule has 3 nitrogen and oxygen atoms in total. The van der Waals surface area contributed by atoms with Gasteiger partial charge in [-0.3, -0.25) is 4.79 Å². The number of halogens is 2. The number of nitrogens with one attached hydrogen (secondary N) is 1. The maximum atomic E-state index is 12.1. The van der Waals surface area contributed by atoms with Crippen LogP contribution in [0.4, 0.5) is 0 Å². The van der Waals surface area contributed by atoms with Crippen LogP contribution >= 0.6 is 27.5 Å². The zero-order chi connectivity index (χ0) is 13.8. The van der Waals surface area contributed by atoms with Crippen molar-refractivity contribution in [1.29, 1.82) is 0 Å². The second-order valence-corrected chi connectivity index (χ2v) is 6.17. The molecule has 1 N–H and O–H groups in total. The van der Waals surface area contributed by atoms with Gasteiger partial charge in [0.05, 0.1) is 5.56 Å². The van der Waals surface area contributed by atoms with Crippen molar-refractivity contribution in [3.05, 3.63) is 33.3 Å². The first kappa shape index (κ1) is 14.8. The lowest BCUT2D eigenvalue weighted by Gasteiger charge is -2.14. The summed E-state index contributed by atoms with van der Waals surface area (Å²) in [5, 5.41) is 3.57. The van der Waals surface area contributed by atoms with Gasteiger partial charge in [0, 0.05) is 22.6 Å². The molecule has 1 aromatic carbocycles. The first-order valence-corrected chi connectivity index (χ1v) is 7.73. The fraction of sp³-hybridized carbons (Fsp3) is 0.500. The van der Waals surface area contributed by atoms with E-state index in [1.165, 1.54) is 0 Å². The fourth-order valence-corrected chi connectivity index (χ4v) is 2.97. The number of benzene rings is 1. The van der Waals surface area contributed by atoms with Gasteiger partial charge < -0.3 is 10.2 Å². The van der Waals surface area contributed by atoms with Gasteiger partial charge in [0.1, 0.15) is 0 Å². The predicted octanol–water partition coefficient (Wildman–Crippen LogP) is 3.17. The quantitative estimate of drug-likeness (QED) is 0.909. The summed E-state index contributed by atoms with van der Waals surface area (Å²) < 4.78 is 0.774. The van der Waals surface area contributed by atoms with Crippen LogP contribution < -0.4 is 5.32 Å². The minimum Gasteiger partial charge on any atom is -0.352 e. The highest BCUT2D eigenvalue weighted by atomic mass is 79.9. The molecule has 1 aliphatic rings. The molecule has 0 aliphatic carbocycles. The van der Waals surface area contributed by atoms with Crippen LogP contribution in [0.5, 0.6) is 0 Å². The standard InChI is InChI=1S/C14H18BrClN2O/c1-2-18-6-5-10(9-18)8-17-14(19)12-7-11(16)3-4-13(12)15/h3-4,7,10H,2,5-6,8-9H2,1H3,(H,17,19). The van der Waals surface area contributed by atoms with Crippen molar-refractivity contribution in [2.45, 2.75) is 13.3 Å². The molecule has 104 valence electrons. The average Bonchev–Trinajstić information content (AvgIpc) is 2.87. The Morgan fingerprint density at radius 3 is 3.05 bits per heavy atom. The summed E-state index contributed by atoms with van der Waals surface area (Å²) in [5.74, 6) is 0.492. The van der Waals surface area contributed by atoms with Crippen molar-refractivity contribution in [1.82, 2.24) is 10.2 Å². The monoisotopic (exact) mass is 344 g/mol. The molecule has 1 unspecified atom stereocenters. The molecule has 1 aromatic rings. The summed E-state index contributed by atoms with van der Waals surface area (Å²) in [6, 6.07) is 5.25. The number of carbonyl (C=O) groups excluding carboxylic acids is 1. The average molecular weight is 346 g/mol. The molecule has 0 radical (unpaired) electrons. The van der Waals surface area contributed by atoms with Gasteiger partial charge in [0.15, 0.2) is 0 Å². The maximum absolute atomic E-state index is 12.1. The van der Waals surface area contributed by atoms with E-state index in [0.717, 1.165) is 37.1 Å². The molecular weight excluding hydrogens is 328 g/mol. The van der Waals surface area contributed by atoms with Gasteiger partial charge in [0.25, 0.3) is 5.91 Å². The van der Waals surface area contributed by atoms with Crippen molar-refractivity contribution in [2.75, 3.05) is 26.2 Å². The highest BCUT2D eigenvalue weighted by molar-refractivity contribution is 9.10. The van der Waals surface area contributed by atoms with E-state index in [1.807, 2.05) is 0 Å². The molecule has 1 saturated heterocycles. The van der Waals surface area contributed by atoms with E-state index in [-0.39, 0.29) is 5.91 Å². The molecule has 1 amide bonds. The van der Waals surface area contributed by atoms with E-state index in [4.69, 9.17) is 11.6 Å². The predicted molar refractivity (Wildman–Crippen MR) is 81.7 cm³/mol. The lowest BCUT2D eigenvalue weighted by molar-refractivity contribution is 0.0946. The molecule has 5 heteroatoms. The lowest BCUT2D eigenvalue weighted by Crippen LogP contribution is -2.31. The Kier molecular flexibility index (Phi) is 5.25. The second-order valence-electron chi connectivity index (χ2n) is 4.88. The van der Waals surface area contributed by atoms with Crippen LogP contribution in [0.3, 0.4) is 0 Å². The molecule has 1 atom stereocenters. The Labute approximate surface area is 127 Å². The second kappa shape index (κ2) is 6.73. The van der Waals surface area contributed by atoms with Crippen LogP contribution in [0.1, 0.15) is 23.7 Å². The van der Waals surface area contributed by atoms with E-state index in [1.54, 1.807) is 18.2 Å². The molecule has 0 spiro atoms. The summed E-state index contributed by atoms with van der Waals surface area (Å²) >= 11 is 9.30. The summed E-state index contributed by atoms with van der Waals surface area (Å²) in [6.45, 7) is 6.20. The summed E-state index contributed by atoms with van der Waals surface area (Å²) in [7, 11) is 0. The number of hydrogen-bond acceptors (Lipinski definition) is 2. The Hall–Kier alpha value is -0.580. The number of likely N-dealkylation sites (tertiary alicyclic amines) is 1. The number of carbonyl (C=O) groups is 1. The first-order chi connectivity index (χ1) is 9.10. The van der Waals surface area contributed by atoms with Gasteiger partial charge in [-0.25, -0.2) is 0 Å². The minimum absolute atomic E-state index is 0.0654. The molecular formula is C14H18BrClN2O. The third-order valence-corrected chi connectivity index (χ3v) is 4.47. The van der Waals surface area contributed by atoms with Gasteiger partial charge in [-0.1, -0.05) is 18.5 Å². The van der Waals surface area contributed by atoms with E-state index in [0.29, 0.717) is 16.5 Å². The molecule has 1 aliphatic heterocycles. The van der Waals surface area contributed by atoms with E-state index < -0.39 is 0 Å². The highest BCUT2D eigenvalue weighted by Crippen LogP contribution is 2.21. The molecule has 1 heterocycles. The third-order valence-electron chi connectivity index (χ3n) is 3.54. The highest BCUT2D eigenvalue weighted by Gasteiger charge is 2.22. The van der Waals surface area contributed by atoms with Crippen LogP contribution in [0, 0.1) is 5.92 Å². The molecule has 2 rings (SSSR count). The van der Waals surface area contributed by atoms with E-state index >= 15 is 0 Å². The van der Waals surface area contributed by atoms with Crippen LogP contribution in [0.2, 0.25) is 5.02 Å². The lowest BCUT2D eigenvalue weighted by atomic mass is 10.1. The number of rotatable bonds is 4. The summed E-state index contributed by atoms with van der Waals surface area (Å²) in [5.41, 5.74) is 0.595. The molecule has 0 aromatic heterocycles. The van der Waals surface area contributed by atoms with Gasteiger partial charge >= 0.3 is 0 Å². The molecule has 0 bridgehead atoms. The van der Waals surface area contributed by atoms with Crippen LogP contribution in [-0.4, -0.2) is 37.0 Å². The van der Waals surface area contributed by atoms with Crippen molar-refractivity contribution in [2.24, 2.45) is 5.92 Å². The Morgan fingerprint density at radius 1 is 1.58 bits per heavy atom. The van der Waals surface area contributed by atoms with Crippen molar-refractivity contribution >= 4 is 33.4 Å². The fourth-order valence-electron chi connectivity index (χ4n) is 2.37. The smallest absolute Gasteiger partial charge is 0.252 e. The van der Waals surface area contributed by atoms with Crippen LogP contribution in [0.25, 0.3) is 0 Å². The van der Waals surface area contributed by atoms with Gasteiger partial charge in [-0.05, 0) is 59.6 Å². The molecule has 0 saturated carbocycles. The summed E-state index contributed by atoms with van der Waals surface area (Å²) in [4.78, 5) is 14.5. The summed E-state index contributed by atoms with van der Waals surface area (Å²) in [6.07, 6.45) is 1.16. The number of amides is 1. The van der Waals surface area contributed by atoms with Crippen molar-refractivity contribution < 1.29 is 4.79 Å². The molecule has 19 heavy (non-hydrogen) atoms. The maximum Gasteiger partial charge on any atom is 0.252 e. The topological polar surface area (TPSA) is 32.3 Å². The number of nitrogens with zero attached hydrogens (tertiary/aromatic N) is 1. The minimum atomic E-state index is -0.0654. The number of hydrogen-bond donors (Lipinski definition) is 1. The third kappa shape index (κ3) is 3.94. The van der Waals surface area contributed by atoms with Gasteiger partial charge in [0.2, 0.25) is 0 Å². The first-order valence-electron chi connectivity index (χ1n) is 6.55. The Bertz CT molecular complexity index is 467. The molecule has 1 fully saturated rings. The normalized spacial score (nSPS) is 19.6. The zero-order valence-electron chi connectivity index (χ0n) is 11.0. The van der Waals surface area contributed by atoms with E-state index in [9.17, 15) is 4.79 Å². The zero-order valence-corrected chi connectivity index (χ0v) is 13.3. The van der Waals surface area contributed by atoms with Gasteiger partial charge in [-0.15, -0.1) is 0 Å². The van der Waals surface area contributed by atoms with Crippen molar-refractivity contribution in [3.8, 4) is 0 Å². The SMILES string of the molecule is CCN1CCC(CNC(=O)c2cc(Cl)ccc2Br)C1. The van der Waals surface area contributed by atoms with Gasteiger partial charge in [-0.2, -0.15) is 0 Å². The van der Waals surface area contributed by atoms with E-state index in [2.05, 4.69) is 33.1 Å². The Balaban J connectivity index is 1.89. The largest absolute Gasteiger partial charge is 0.352 e. The Morgan fingerprint density at radius 2 is 2.37 bits per heavy atom.